The normalized spacial score (nSPS) is 10.9. The molecule has 1 aromatic carbocycles. The van der Waals surface area contributed by atoms with Gasteiger partial charge in [-0.15, -0.1) is 16.9 Å². The fraction of sp³-hybridized carbons (Fsp3) is 0.100. The average molecular weight is 391 g/mol. The molecule has 0 radical (unpaired) electrons. The van der Waals surface area contributed by atoms with Crippen LogP contribution in [-0.4, -0.2) is 25.1 Å². The Balaban J connectivity index is 1.36. The van der Waals surface area contributed by atoms with E-state index in [0.29, 0.717) is 11.3 Å². The maximum Gasteiger partial charge on any atom is 0.350 e. The minimum Gasteiger partial charge on any atom is -0.324 e. The van der Waals surface area contributed by atoms with Crippen LogP contribution in [0, 0.1) is 0 Å². The predicted octanol–water partition coefficient (Wildman–Crippen LogP) is 2.82. The lowest BCUT2D eigenvalue weighted by Gasteiger charge is -2.06. The van der Waals surface area contributed by atoms with Gasteiger partial charge in [-0.05, 0) is 48.0 Å². The van der Waals surface area contributed by atoms with Crippen LogP contribution in [0.25, 0.3) is 5.65 Å². The standard InChI is InChI=1S/C20H17N5O2S/c26-19(13-25-20(27)24-11-2-1-5-18(24)23-25)22-16-6-8-17(9-7-16)28-14-15-4-3-10-21-12-15/h1-12H,13-14H2,(H,22,26). The molecule has 1 N–H and O–H groups in total. The van der Waals surface area contributed by atoms with Gasteiger partial charge in [0, 0.05) is 34.9 Å². The largest absolute Gasteiger partial charge is 0.350 e. The lowest BCUT2D eigenvalue weighted by molar-refractivity contribution is -0.117. The smallest absolute Gasteiger partial charge is 0.324 e. The first kappa shape index (κ1) is 18.0. The topological polar surface area (TPSA) is 81.3 Å². The first-order valence-corrected chi connectivity index (χ1v) is 9.63. The van der Waals surface area contributed by atoms with Crippen LogP contribution in [0.15, 0.2) is 82.9 Å². The molecule has 140 valence electrons. The highest BCUT2D eigenvalue weighted by Crippen LogP contribution is 2.23. The maximum atomic E-state index is 12.3. The highest BCUT2D eigenvalue weighted by Gasteiger charge is 2.10. The molecular weight excluding hydrogens is 374 g/mol. The van der Waals surface area contributed by atoms with E-state index in [1.807, 2.05) is 42.6 Å². The summed E-state index contributed by atoms with van der Waals surface area (Å²) >= 11 is 1.70. The monoisotopic (exact) mass is 391 g/mol. The minimum absolute atomic E-state index is 0.141. The van der Waals surface area contributed by atoms with Crippen molar-refractivity contribution in [2.45, 2.75) is 17.2 Å². The van der Waals surface area contributed by atoms with Crippen LogP contribution in [-0.2, 0) is 17.1 Å². The van der Waals surface area contributed by atoms with E-state index in [9.17, 15) is 9.59 Å². The van der Waals surface area contributed by atoms with Crippen molar-refractivity contribution in [2.24, 2.45) is 0 Å². The Bertz CT molecular complexity index is 1150. The van der Waals surface area contributed by atoms with Crippen molar-refractivity contribution < 1.29 is 4.79 Å². The van der Waals surface area contributed by atoms with Crippen LogP contribution in [0.2, 0.25) is 0 Å². The number of benzene rings is 1. The number of rotatable bonds is 6. The molecule has 0 unspecified atom stereocenters. The Morgan fingerprint density at radius 1 is 1.07 bits per heavy atom. The second-order valence-corrected chi connectivity index (χ2v) is 7.14. The number of hydrogen-bond donors (Lipinski definition) is 1. The highest BCUT2D eigenvalue weighted by atomic mass is 32.2. The molecule has 0 spiro atoms. The summed E-state index contributed by atoms with van der Waals surface area (Å²) in [4.78, 5) is 29.7. The van der Waals surface area contributed by atoms with Crippen molar-refractivity contribution in [2.75, 3.05) is 5.32 Å². The zero-order valence-electron chi connectivity index (χ0n) is 14.9. The van der Waals surface area contributed by atoms with Gasteiger partial charge in [-0.25, -0.2) is 9.48 Å². The van der Waals surface area contributed by atoms with Gasteiger partial charge in [0.25, 0.3) is 0 Å². The maximum absolute atomic E-state index is 12.3. The Morgan fingerprint density at radius 3 is 2.68 bits per heavy atom. The Labute approximate surface area is 165 Å². The van der Waals surface area contributed by atoms with E-state index in [-0.39, 0.29) is 18.1 Å². The summed E-state index contributed by atoms with van der Waals surface area (Å²) in [6, 6.07) is 16.8. The highest BCUT2D eigenvalue weighted by molar-refractivity contribution is 7.98. The van der Waals surface area contributed by atoms with Crippen LogP contribution in [0.1, 0.15) is 5.56 Å². The summed E-state index contributed by atoms with van der Waals surface area (Å²) in [5.41, 5.74) is 2.00. The van der Waals surface area contributed by atoms with Crippen LogP contribution in [0.5, 0.6) is 0 Å². The predicted molar refractivity (Wildman–Crippen MR) is 108 cm³/mol. The zero-order chi connectivity index (χ0) is 19.3. The van der Waals surface area contributed by atoms with Crippen molar-refractivity contribution in [3.05, 3.63) is 89.2 Å². The summed E-state index contributed by atoms with van der Waals surface area (Å²) in [7, 11) is 0. The van der Waals surface area contributed by atoms with Gasteiger partial charge in [-0.2, -0.15) is 0 Å². The van der Waals surface area contributed by atoms with Gasteiger partial charge in [0.15, 0.2) is 5.65 Å². The number of amides is 1. The molecule has 1 amide bonds. The van der Waals surface area contributed by atoms with Crippen molar-refractivity contribution in [1.82, 2.24) is 19.2 Å². The summed E-state index contributed by atoms with van der Waals surface area (Å²) in [5.74, 6) is 0.525. The van der Waals surface area contributed by atoms with Crippen molar-refractivity contribution in [1.29, 1.82) is 0 Å². The van der Waals surface area contributed by atoms with E-state index in [4.69, 9.17) is 0 Å². The Hall–Kier alpha value is -3.39. The number of hydrogen-bond acceptors (Lipinski definition) is 5. The molecule has 7 nitrogen and oxygen atoms in total. The number of aromatic nitrogens is 4. The van der Waals surface area contributed by atoms with E-state index in [1.165, 1.54) is 4.40 Å². The second-order valence-electron chi connectivity index (χ2n) is 6.09. The number of pyridine rings is 2. The third-order valence-electron chi connectivity index (χ3n) is 4.05. The van der Waals surface area contributed by atoms with Gasteiger partial charge in [0.05, 0.1) is 0 Å². The van der Waals surface area contributed by atoms with Crippen molar-refractivity contribution in [3.8, 4) is 0 Å². The molecule has 0 fully saturated rings. The quantitative estimate of drug-likeness (QED) is 0.511. The van der Waals surface area contributed by atoms with Crippen LogP contribution in [0.3, 0.4) is 0 Å². The van der Waals surface area contributed by atoms with E-state index < -0.39 is 0 Å². The lowest BCUT2D eigenvalue weighted by atomic mass is 10.3. The van der Waals surface area contributed by atoms with Gasteiger partial charge in [-0.1, -0.05) is 12.1 Å². The molecule has 0 aliphatic heterocycles. The average Bonchev–Trinajstić information content (AvgIpc) is 3.04. The number of anilines is 1. The number of nitrogens with one attached hydrogen (secondary N) is 1. The zero-order valence-corrected chi connectivity index (χ0v) is 15.7. The van der Waals surface area contributed by atoms with Gasteiger partial charge in [-0.3, -0.25) is 14.2 Å². The van der Waals surface area contributed by atoms with Gasteiger partial charge in [0.1, 0.15) is 6.54 Å². The van der Waals surface area contributed by atoms with Gasteiger partial charge >= 0.3 is 5.69 Å². The summed E-state index contributed by atoms with van der Waals surface area (Å²) < 4.78 is 2.56. The molecule has 0 bridgehead atoms. The van der Waals surface area contributed by atoms with Gasteiger partial charge in [0.2, 0.25) is 5.91 Å². The summed E-state index contributed by atoms with van der Waals surface area (Å²) in [5, 5.41) is 6.95. The molecule has 0 saturated heterocycles. The molecule has 0 aliphatic rings. The van der Waals surface area contributed by atoms with Crippen LogP contribution in [0.4, 0.5) is 5.69 Å². The molecule has 8 heteroatoms. The van der Waals surface area contributed by atoms with E-state index in [2.05, 4.69) is 15.4 Å². The molecule has 0 atom stereocenters. The molecule has 0 saturated carbocycles. The summed E-state index contributed by atoms with van der Waals surface area (Å²) in [6.45, 7) is -0.141. The van der Waals surface area contributed by atoms with Gasteiger partial charge < -0.3 is 5.32 Å². The summed E-state index contributed by atoms with van der Waals surface area (Å²) in [6.07, 6.45) is 5.23. The third-order valence-corrected chi connectivity index (χ3v) is 5.13. The van der Waals surface area contributed by atoms with E-state index in [1.54, 1.807) is 42.4 Å². The SMILES string of the molecule is O=C(Cn1nc2ccccn2c1=O)Nc1ccc(SCc2cccnc2)cc1. The minimum atomic E-state index is -0.340. The van der Waals surface area contributed by atoms with Crippen molar-refractivity contribution in [3.63, 3.8) is 0 Å². The number of fused-ring (bicyclic) bond motifs is 1. The lowest BCUT2D eigenvalue weighted by Crippen LogP contribution is -2.28. The Morgan fingerprint density at radius 2 is 1.93 bits per heavy atom. The van der Waals surface area contributed by atoms with Crippen LogP contribution >= 0.6 is 11.8 Å². The number of carbonyl (C=O) groups excluding carboxylic acids is 1. The molecule has 3 aromatic heterocycles. The molecule has 3 heterocycles. The molecule has 4 rings (SSSR count). The first-order valence-electron chi connectivity index (χ1n) is 8.65. The fourth-order valence-corrected chi connectivity index (χ4v) is 3.52. The van der Waals surface area contributed by atoms with Crippen LogP contribution < -0.4 is 11.0 Å². The van der Waals surface area contributed by atoms with E-state index in [0.717, 1.165) is 20.9 Å². The first-order chi connectivity index (χ1) is 13.7. The number of carbonyl (C=O) groups is 1. The van der Waals surface area contributed by atoms with E-state index >= 15 is 0 Å². The fourth-order valence-electron chi connectivity index (χ4n) is 2.69. The molecular formula is C20H17N5O2S. The Kier molecular flexibility index (Phi) is 5.20. The number of thioether (sulfide) groups is 1. The second kappa shape index (κ2) is 8.10. The molecule has 0 aliphatic carbocycles. The molecule has 4 aromatic rings. The number of nitrogens with zero attached hydrogens (tertiary/aromatic N) is 4. The molecule has 28 heavy (non-hydrogen) atoms. The van der Waals surface area contributed by atoms with Crippen molar-refractivity contribution >= 4 is 29.0 Å². The third kappa shape index (κ3) is 4.12.